The molecule has 0 atom stereocenters. The van der Waals surface area contributed by atoms with Gasteiger partial charge in [-0.1, -0.05) is 41.6 Å². The molecule has 0 saturated heterocycles. The van der Waals surface area contributed by atoms with Gasteiger partial charge in [0.2, 0.25) is 11.7 Å². The first-order valence-corrected chi connectivity index (χ1v) is 11.2. The first-order chi connectivity index (χ1) is 16.4. The Balaban J connectivity index is 1.54. The van der Waals surface area contributed by atoms with Gasteiger partial charge in [-0.2, -0.15) is 0 Å². The number of para-hydroxylation sites is 1. The van der Waals surface area contributed by atoms with Gasteiger partial charge in [0.05, 0.1) is 28.5 Å². The van der Waals surface area contributed by atoms with Gasteiger partial charge in [-0.15, -0.1) is 16.8 Å². The molecule has 0 aliphatic carbocycles. The molecular formula is C22H18ClN5O5S. The number of carbonyl (C=O) groups is 1. The summed E-state index contributed by atoms with van der Waals surface area (Å²) >= 11 is 7.20. The topological polar surface area (TPSA) is 125 Å². The van der Waals surface area contributed by atoms with Crippen LogP contribution in [0.5, 0.6) is 5.75 Å². The highest BCUT2D eigenvalue weighted by Gasteiger charge is 2.20. The highest BCUT2D eigenvalue weighted by atomic mass is 35.5. The van der Waals surface area contributed by atoms with Gasteiger partial charge < -0.3 is 14.5 Å². The number of methoxy groups -OCH3 is 1. The third kappa shape index (κ3) is 4.75. The summed E-state index contributed by atoms with van der Waals surface area (Å²) in [5.74, 6) is 1.14. The Bertz CT molecular complexity index is 1400. The summed E-state index contributed by atoms with van der Waals surface area (Å²) in [5, 5.41) is 23.5. The van der Waals surface area contributed by atoms with Gasteiger partial charge in [0, 0.05) is 24.1 Å². The predicted octanol–water partition coefficient (Wildman–Crippen LogP) is 5.18. The van der Waals surface area contributed by atoms with Crippen LogP contribution in [0.2, 0.25) is 5.02 Å². The van der Waals surface area contributed by atoms with Crippen LogP contribution in [0.3, 0.4) is 0 Å². The second kappa shape index (κ2) is 9.98. The van der Waals surface area contributed by atoms with Crippen LogP contribution in [0, 0.1) is 10.1 Å². The summed E-state index contributed by atoms with van der Waals surface area (Å²) in [4.78, 5) is 22.9. The lowest BCUT2D eigenvalue weighted by molar-refractivity contribution is -0.384. The van der Waals surface area contributed by atoms with Crippen molar-refractivity contribution in [2.75, 3.05) is 18.2 Å². The molecule has 2 aromatic heterocycles. The number of halogens is 1. The van der Waals surface area contributed by atoms with E-state index in [1.54, 1.807) is 23.8 Å². The number of rotatable bonds is 9. The van der Waals surface area contributed by atoms with E-state index >= 15 is 0 Å². The standard InChI is InChI=1S/C22H18ClN5O5S/c1-3-9-27-21(18-10-13-5-4-6-17(32-2)20(13)33-18)25-26-22(27)34-12-19(29)24-16-11-14(28(30)31)7-8-15(16)23/h3-8,10-11H,1,9,12H2,2H3,(H,24,29). The van der Waals surface area contributed by atoms with Crippen molar-refractivity contribution >= 4 is 51.6 Å². The quantitative estimate of drug-likeness (QED) is 0.144. The fraction of sp³-hybridized carbons (Fsp3) is 0.136. The number of anilines is 1. The fourth-order valence-electron chi connectivity index (χ4n) is 3.22. The second-order valence-electron chi connectivity index (χ2n) is 6.95. The number of ether oxygens (including phenoxy) is 1. The van der Waals surface area contributed by atoms with Gasteiger partial charge in [-0.05, 0) is 18.2 Å². The molecule has 0 aliphatic heterocycles. The molecule has 0 saturated carbocycles. The maximum Gasteiger partial charge on any atom is 0.271 e. The Morgan fingerprint density at radius 2 is 2.18 bits per heavy atom. The van der Waals surface area contributed by atoms with Crippen molar-refractivity contribution in [1.82, 2.24) is 14.8 Å². The smallest absolute Gasteiger partial charge is 0.271 e. The van der Waals surface area contributed by atoms with Gasteiger partial charge in [0.1, 0.15) is 0 Å². The number of non-ortho nitro benzene ring substituents is 1. The number of carbonyl (C=O) groups excluding carboxylic acids is 1. The van der Waals surface area contributed by atoms with Gasteiger partial charge >= 0.3 is 0 Å². The van der Waals surface area contributed by atoms with Crippen molar-refractivity contribution in [1.29, 1.82) is 0 Å². The number of benzene rings is 2. The molecule has 34 heavy (non-hydrogen) atoms. The number of nitro benzene ring substituents is 1. The minimum absolute atomic E-state index is 0.0255. The molecule has 0 radical (unpaired) electrons. The van der Waals surface area contributed by atoms with Crippen LogP contribution in [0.1, 0.15) is 0 Å². The molecule has 174 valence electrons. The lowest BCUT2D eigenvalue weighted by Crippen LogP contribution is -2.15. The highest BCUT2D eigenvalue weighted by Crippen LogP contribution is 2.34. The number of furan rings is 1. The van der Waals surface area contributed by atoms with E-state index in [0.717, 1.165) is 17.1 Å². The van der Waals surface area contributed by atoms with Crippen LogP contribution in [0.15, 0.2) is 64.7 Å². The van der Waals surface area contributed by atoms with Crippen LogP contribution < -0.4 is 10.1 Å². The van der Waals surface area contributed by atoms with Crippen LogP contribution in [-0.2, 0) is 11.3 Å². The number of fused-ring (bicyclic) bond motifs is 1. The number of aromatic nitrogens is 3. The minimum Gasteiger partial charge on any atom is -0.493 e. The third-order valence-electron chi connectivity index (χ3n) is 4.74. The monoisotopic (exact) mass is 499 g/mol. The molecule has 0 aliphatic rings. The molecule has 2 aromatic carbocycles. The van der Waals surface area contributed by atoms with Gasteiger partial charge in [0.25, 0.3) is 5.69 Å². The molecule has 1 amide bonds. The second-order valence-corrected chi connectivity index (χ2v) is 8.30. The third-order valence-corrected chi connectivity index (χ3v) is 6.04. The average Bonchev–Trinajstić information content (AvgIpc) is 3.43. The Morgan fingerprint density at radius 3 is 2.91 bits per heavy atom. The van der Waals surface area contributed by atoms with E-state index in [4.69, 9.17) is 20.8 Å². The van der Waals surface area contributed by atoms with Crippen molar-refractivity contribution in [3.63, 3.8) is 0 Å². The Morgan fingerprint density at radius 1 is 1.35 bits per heavy atom. The zero-order chi connectivity index (χ0) is 24.2. The number of nitro groups is 1. The number of amides is 1. The first kappa shape index (κ1) is 23.3. The molecule has 1 N–H and O–H groups in total. The van der Waals surface area contributed by atoms with Crippen LogP contribution in [0.4, 0.5) is 11.4 Å². The Hall–Kier alpha value is -3.83. The van der Waals surface area contributed by atoms with Crippen LogP contribution in [0.25, 0.3) is 22.6 Å². The molecule has 0 bridgehead atoms. The summed E-state index contributed by atoms with van der Waals surface area (Å²) in [6.07, 6.45) is 1.68. The molecule has 0 fully saturated rings. The number of nitrogens with zero attached hydrogens (tertiary/aromatic N) is 4. The highest BCUT2D eigenvalue weighted by molar-refractivity contribution is 7.99. The van der Waals surface area contributed by atoms with Gasteiger partial charge in [0.15, 0.2) is 22.2 Å². The predicted molar refractivity (Wildman–Crippen MR) is 129 cm³/mol. The Labute approximate surface area is 202 Å². The largest absolute Gasteiger partial charge is 0.493 e. The number of hydrogen-bond donors (Lipinski definition) is 1. The summed E-state index contributed by atoms with van der Waals surface area (Å²) in [6.45, 7) is 4.17. The van der Waals surface area contributed by atoms with E-state index in [9.17, 15) is 14.9 Å². The van der Waals surface area contributed by atoms with Crippen LogP contribution in [-0.4, -0.2) is 38.5 Å². The number of thioether (sulfide) groups is 1. The van der Waals surface area contributed by atoms with Crippen molar-refractivity contribution in [2.24, 2.45) is 0 Å². The normalized spacial score (nSPS) is 10.9. The average molecular weight is 500 g/mol. The SMILES string of the molecule is C=CCn1c(SCC(=O)Nc2cc([N+](=O)[O-])ccc2Cl)nnc1-c1cc2cccc(OC)c2o1. The maximum absolute atomic E-state index is 12.5. The number of hydrogen-bond acceptors (Lipinski definition) is 8. The Kier molecular flexibility index (Phi) is 6.85. The fourth-order valence-corrected chi connectivity index (χ4v) is 4.13. The minimum atomic E-state index is -0.562. The van der Waals surface area contributed by atoms with E-state index in [1.807, 2.05) is 18.2 Å². The molecule has 4 aromatic rings. The lowest BCUT2D eigenvalue weighted by Gasteiger charge is -2.08. The molecule has 12 heteroatoms. The van der Waals surface area contributed by atoms with E-state index in [0.29, 0.717) is 34.6 Å². The summed E-state index contributed by atoms with van der Waals surface area (Å²) in [6, 6.07) is 11.2. The molecule has 0 spiro atoms. The molecule has 2 heterocycles. The van der Waals surface area contributed by atoms with E-state index in [1.165, 1.54) is 18.2 Å². The molecular weight excluding hydrogens is 482 g/mol. The first-order valence-electron chi connectivity index (χ1n) is 9.89. The van der Waals surface area contributed by atoms with E-state index in [-0.39, 0.29) is 22.2 Å². The van der Waals surface area contributed by atoms with E-state index < -0.39 is 10.8 Å². The molecule has 4 rings (SSSR count). The van der Waals surface area contributed by atoms with Crippen molar-refractivity contribution in [2.45, 2.75) is 11.7 Å². The lowest BCUT2D eigenvalue weighted by atomic mass is 10.2. The summed E-state index contributed by atoms with van der Waals surface area (Å²) in [7, 11) is 1.57. The van der Waals surface area contributed by atoms with Crippen molar-refractivity contribution in [3.8, 4) is 17.3 Å². The summed E-state index contributed by atoms with van der Waals surface area (Å²) < 4.78 is 13.1. The molecule has 10 nitrogen and oxygen atoms in total. The zero-order valence-electron chi connectivity index (χ0n) is 17.9. The van der Waals surface area contributed by atoms with Crippen molar-refractivity contribution in [3.05, 3.63) is 70.3 Å². The van der Waals surface area contributed by atoms with Crippen LogP contribution >= 0.6 is 23.4 Å². The van der Waals surface area contributed by atoms with Crippen molar-refractivity contribution < 1.29 is 18.9 Å². The van der Waals surface area contributed by atoms with E-state index in [2.05, 4.69) is 22.1 Å². The molecule has 0 unspecified atom stereocenters. The summed E-state index contributed by atoms with van der Waals surface area (Å²) in [5.41, 5.74) is 0.576. The number of nitrogens with one attached hydrogen (secondary N) is 1. The zero-order valence-corrected chi connectivity index (χ0v) is 19.4. The number of allylic oxidation sites excluding steroid dienone is 1. The van der Waals surface area contributed by atoms with Gasteiger partial charge in [-0.3, -0.25) is 19.5 Å². The van der Waals surface area contributed by atoms with Gasteiger partial charge in [-0.25, -0.2) is 0 Å². The maximum atomic E-state index is 12.5.